The lowest BCUT2D eigenvalue weighted by atomic mass is 10.0. The van der Waals surface area contributed by atoms with E-state index in [9.17, 15) is 14.0 Å². The van der Waals surface area contributed by atoms with Crippen molar-refractivity contribution >= 4 is 17.5 Å². The van der Waals surface area contributed by atoms with Crippen LogP contribution in [-0.4, -0.2) is 29.3 Å². The van der Waals surface area contributed by atoms with Crippen molar-refractivity contribution < 1.29 is 18.7 Å². The van der Waals surface area contributed by atoms with Crippen molar-refractivity contribution in [1.82, 2.24) is 4.90 Å². The molecule has 0 aliphatic carbocycles. The third kappa shape index (κ3) is 4.68. The summed E-state index contributed by atoms with van der Waals surface area (Å²) in [6.07, 6.45) is 2.36. The maximum absolute atomic E-state index is 13.7. The number of amides is 2. The maximum Gasteiger partial charge on any atom is 0.299 e. The first-order valence-electron chi connectivity index (χ1n) is 9.15. The Morgan fingerprint density at radius 1 is 1.14 bits per heavy atom. The second-order valence-corrected chi connectivity index (χ2v) is 6.43. The molecule has 1 fully saturated rings. The monoisotopic (exact) mass is 380 g/mol. The molecule has 0 aromatic heterocycles. The lowest BCUT2D eigenvalue weighted by Gasteiger charge is -2.33. The quantitative estimate of drug-likeness (QED) is 0.817. The summed E-state index contributed by atoms with van der Waals surface area (Å²) < 4.78 is 19.2. The lowest BCUT2D eigenvalue weighted by Crippen LogP contribution is -2.49. The first-order valence-corrected chi connectivity index (χ1v) is 9.15. The molecule has 1 saturated heterocycles. The Kier molecular flexibility index (Phi) is 6.28. The average molecular weight is 380 g/mol. The van der Waals surface area contributed by atoms with Gasteiger partial charge in [0.15, 0.2) is 11.6 Å². The van der Waals surface area contributed by atoms with Crippen LogP contribution in [0.5, 0.6) is 11.5 Å². The summed E-state index contributed by atoms with van der Waals surface area (Å²) in [5, 5.41) is 2.83. The summed E-state index contributed by atoms with van der Waals surface area (Å²) in [5.74, 6) is 4.67. The van der Waals surface area contributed by atoms with Crippen molar-refractivity contribution in [3.8, 4) is 23.3 Å². The zero-order chi connectivity index (χ0) is 19.9. The number of para-hydroxylation sites is 1. The third-order valence-corrected chi connectivity index (χ3v) is 4.48. The van der Waals surface area contributed by atoms with Crippen LogP contribution in [0.25, 0.3) is 0 Å². The van der Waals surface area contributed by atoms with Crippen molar-refractivity contribution in [3.63, 3.8) is 0 Å². The molecule has 0 radical (unpaired) electrons. The van der Waals surface area contributed by atoms with Gasteiger partial charge >= 0.3 is 0 Å². The molecule has 0 spiro atoms. The number of rotatable bonds is 4. The SMILES string of the molecule is CC#CC(=O)N1CCCCC1C(=O)Nc1ccc(Oc2ccccc2F)cc1. The number of carbonyl (C=O) groups is 2. The molecule has 1 atom stereocenters. The van der Waals surface area contributed by atoms with Gasteiger partial charge in [0.1, 0.15) is 11.8 Å². The number of piperidine rings is 1. The number of nitrogens with one attached hydrogen (secondary N) is 1. The van der Waals surface area contributed by atoms with E-state index in [2.05, 4.69) is 17.2 Å². The molecule has 1 N–H and O–H groups in total. The molecule has 1 unspecified atom stereocenters. The Bertz CT molecular complexity index is 915. The number of likely N-dealkylation sites (tertiary alicyclic amines) is 1. The van der Waals surface area contributed by atoms with Gasteiger partial charge in [-0.25, -0.2) is 4.39 Å². The summed E-state index contributed by atoms with van der Waals surface area (Å²) in [5.41, 5.74) is 0.574. The van der Waals surface area contributed by atoms with E-state index < -0.39 is 11.9 Å². The molecule has 5 nitrogen and oxygen atoms in total. The highest BCUT2D eigenvalue weighted by Gasteiger charge is 2.31. The van der Waals surface area contributed by atoms with Gasteiger partial charge < -0.3 is 15.0 Å². The van der Waals surface area contributed by atoms with Gasteiger partial charge in [0.05, 0.1) is 0 Å². The van der Waals surface area contributed by atoms with Crippen LogP contribution in [0.2, 0.25) is 0 Å². The molecule has 2 aromatic rings. The van der Waals surface area contributed by atoms with Gasteiger partial charge in [-0.05, 0) is 68.5 Å². The number of nitrogens with zero attached hydrogens (tertiary/aromatic N) is 1. The Morgan fingerprint density at radius 3 is 2.61 bits per heavy atom. The molecule has 144 valence electrons. The molecule has 2 amide bonds. The summed E-state index contributed by atoms with van der Waals surface area (Å²) in [6, 6.07) is 12.3. The standard InChI is InChI=1S/C22H21FN2O3/c1-2-7-21(26)25-15-6-5-9-19(25)22(27)24-16-11-13-17(14-12-16)28-20-10-4-3-8-18(20)23/h3-4,8,10-14,19H,5-6,9,15H2,1H3,(H,24,27). The number of anilines is 1. The fraction of sp³-hybridized carbons (Fsp3) is 0.273. The summed E-state index contributed by atoms with van der Waals surface area (Å²) >= 11 is 0. The average Bonchev–Trinajstić information content (AvgIpc) is 2.71. The zero-order valence-electron chi connectivity index (χ0n) is 15.6. The first kappa shape index (κ1) is 19.4. The fourth-order valence-corrected chi connectivity index (χ4v) is 3.11. The number of halogens is 1. The van der Waals surface area contributed by atoms with E-state index in [0.717, 1.165) is 12.8 Å². The van der Waals surface area contributed by atoms with Gasteiger partial charge in [0.2, 0.25) is 5.91 Å². The fourth-order valence-electron chi connectivity index (χ4n) is 3.11. The summed E-state index contributed by atoms with van der Waals surface area (Å²) in [4.78, 5) is 26.3. The van der Waals surface area contributed by atoms with E-state index in [4.69, 9.17) is 4.74 Å². The largest absolute Gasteiger partial charge is 0.454 e. The second kappa shape index (κ2) is 9.05. The molecule has 2 aromatic carbocycles. The Morgan fingerprint density at radius 2 is 1.89 bits per heavy atom. The molecule has 0 bridgehead atoms. The molecule has 0 saturated carbocycles. The Hall–Kier alpha value is -3.33. The molecule has 1 heterocycles. The smallest absolute Gasteiger partial charge is 0.299 e. The van der Waals surface area contributed by atoms with Crippen LogP contribution in [0, 0.1) is 17.7 Å². The Labute approximate surface area is 163 Å². The molecule has 6 heteroatoms. The van der Waals surface area contributed by atoms with Crippen LogP contribution in [0.3, 0.4) is 0 Å². The van der Waals surface area contributed by atoms with E-state index in [0.29, 0.717) is 24.4 Å². The van der Waals surface area contributed by atoms with Crippen LogP contribution in [-0.2, 0) is 9.59 Å². The van der Waals surface area contributed by atoms with E-state index in [1.807, 2.05) is 0 Å². The third-order valence-electron chi connectivity index (χ3n) is 4.48. The van der Waals surface area contributed by atoms with Gasteiger partial charge in [-0.3, -0.25) is 9.59 Å². The topological polar surface area (TPSA) is 58.6 Å². The molecule has 1 aliphatic rings. The highest BCUT2D eigenvalue weighted by Crippen LogP contribution is 2.26. The highest BCUT2D eigenvalue weighted by molar-refractivity contribution is 6.01. The molecular formula is C22H21FN2O3. The van der Waals surface area contributed by atoms with Crippen LogP contribution in [0.15, 0.2) is 48.5 Å². The molecule has 3 rings (SSSR count). The van der Waals surface area contributed by atoms with Crippen molar-refractivity contribution in [1.29, 1.82) is 0 Å². The van der Waals surface area contributed by atoms with Gasteiger partial charge in [-0.15, -0.1) is 0 Å². The van der Waals surface area contributed by atoms with Crippen molar-refractivity contribution in [3.05, 3.63) is 54.3 Å². The zero-order valence-corrected chi connectivity index (χ0v) is 15.6. The number of benzene rings is 2. The van der Waals surface area contributed by atoms with E-state index in [1.54, 1.807) is 49.4 Å². The number of hydrogen-bond donors (Lipinski definition) is 1. The van der Waals surface area contributed by atoms with Crippen LogP contribution < -0.4 is 10.1 Å². The summed E-state index contributed by atoms with van der Waals surface area (Å²) in [6.45, 7) is 2.13. The van der Waals surface area contributed by atoms with Crippen LogP contribution in [0.4, 0.5) is 10.1 Å². The lowest BCUT2D eigenvalue weighted by molar-refractivity contribution is -0.135. The van der Waals surface area contributed by atoms with Crippen molar-refractivity contribution in [2.75, 3.05) is 11.9 Å². The van der Waals surface area contributed by atoms with Gasteiger partial charge in [0.25, 0.3) is 5.91 Å². The van der Waals surface area contributed by atoms with E-state index >= 15 is 0 Å². The normalized spacial score (nSPS) is 15.9. The molecule has 1 aliphatic heterocycles. The second-order valence-electron chi connectivity index (χ2n) is 6.43. The minimum atomic E-state index is -0.531. The Balaban J connectivity index is 1.65. The van der Waals surface area contributed by atoms with Gasteiger partial charge in [-0.1, -0.05) is 18.1 Å². The first-order chi connectivity index (χ1) is 13.6. The molecular weight excluding hydrogens is 359 g/mol. The predicted molar refractivity (Wildman–Crippen MR) is 104 cm³/mol. The minimum Gasteiger partial charge on any atom is -0.454 e. The minimum absolute atomic E-state index is 0.132. The maximum atomic E-state index is 13.7. The van der Waals surface area contributed by atoms with E-state index in [1.165, 1.54) is 11.0 Å². The van der Waals surface area contributed by atoms with Gasteiger partial charge in [0, 0.05) is 12.2 Å². The number of carbonyl (C=O) groups excluding carboxylic acids is 2. The summed E-state index contributed by atoms with van der Waals surface area (Å²) in [7, 11) is 0. The van der Waals surface area contributed by atoms with Crippen molar-refractivity contribution in [2.45, 2.75) is 32.2 Å². The van der Waals surface area contributed by atoms with Crippen LogP contribution in [0.1, 0.15) is 26.2 Å². The predicted octanol–water partition coefficient (Wildman–Crippen LogP) is 3.96. The highest BCUT2D eigenvalue weighted by atomic mass is 19.1. The van der Waals surface area contributed by atoms with Crippen LogP contribution >= 0.6 is 0 Å². The van der Waals surface area contributed by atoms with Crippen molar-refractivity contribution in [2.24, 2.45) is 0 Å². The molecule has 28 heavy (non-hydrogen) atoms. The number of ether oxygens (including phenoxy) is 1. The van der Waals surface area contributed by atoms with Gasteiger partial charge in [-0.2, -0.15) is 0 Å². The van der Waals surface area contributed by atoms with E-state index in [-0.39, 0.29) is 17.6 Å². The number of hydrogen-bond acceptors (Lipinski definition) is 3.